The molecule has 3 aliphatic heterocycles. The summed E-state index contributed by atoms with van der Waals surface area (Å²) in [5.41, 5.74) is 2.80. The van der Waals surface area contributed by atoms with Crippen molar-refractivity contribution in [2.24, 2.45) is 5.92 Å². The molecule has 1 aromatic rings. The standard InChI is InChI=1S/C22H33N3O/c1-16-4-2-3-5-18(16)15-25-10-8-19(9-11-25)24-22(26)14-17-12-20-6-7-21(13-17)23-20/h2-5,17,19-21,23H,6-15H2,1H3,(H,24,26). The molecule has 0 spiro atoms. The Morgan fingerprint density at radius 2 is 1.81 bits per heavy atom. The molecular weight excluding hydrogens is 322 g/mol. The first-order chi connectivity index (χ1) is 12.7. The van der Waals surface area contributed by atoms with Crippen LogP contribution in [-0.4, -0.2) is 42.0 Å². The summed E-state index contributed by atoms with van der Waals surface area (Å²) in [6.45, 7) is 5.38. The van der Waals surface area contributed by atoms with E-state index in [9.17, 15) is 4.79 Å². The molecule has 1 aromatic carbocycles. The van der Waals surface area contributed by atoms with E-state index in [0.717, 1.165) is 38.9 Å². The monoisotopic (exact) mass is 355 g/mol. The van der Waals surface area contributed by atoms with Gasteiger partial charge < -0.3 is 10.6 Å². The Hall–Kier alpha value is -1.39. The maximum Gasteiger partial charge on any atom is 0.220 e. The van der Waals surface area contributed by atoms with Gasteiger partial charge in [0.2, 0.25) is 5.91 Å². The minimum absolute atomic E-state index is 0.286. The number of fused-ring (bicyclic) bond motifs is 2. The van der Waals surface area contributed by atoms with Crippen LogP contribution in [0.1, 0.15) is 56.1 Å². The summed E-state index contributed by atoms with van der Waals surface area (Å²) >= 11 is 0. The van der Waals surface area contributed by atoms with Gasteiger partial charge in [0.1, 0.15) is 0 Å². The predicted molar refractivity (Wildman–Crippen MR) is 105 cm³/mol. The molecule has 3 aliphatic rings. The van der Waals surface area contributed by atoms with E-state index in [-0.39, 0.29) is 5.91 Å². The maximum absolute atomic E-state index is 12.5. The number of benzene rings is 1. The first-order valence-electron chi connectivity index (χ1n) is 10.5. The molecule has 1 amide bonds. The van der Waals surface area contributed by atoms with Crippen LogP contribution in [-0.2, 0) is 11.3 Å². The Labute approximate surface area is 157 Å². The Morgan fingerprint density at radius 1 is 1.12 bits per heavy atom. The molecule has 3 fully saturated rings. The molecule has 2 N–H and O–H groups in total. The average molecular weight is 356 g/mol. The maximum atomic E-state index is 12.5. The van der Waals surface area contributed by atoms with Crippen LogP contribution < -0.4 is 10.6 Å². The Bertz CT molecular complexity index is 612. The highest BCUT2D eigenvalue weighted by Gasteiger charge is 2.34. The molecule has 2 unspecified atom stereocenters. The molecule has 4 rings (SSSR count). The molecule has 3 heterocycles. The van der Waals surface area contributed by atoms with Crippen LogP contribution in [0.5, 0.6) is 0 Å². The van der Waals surface area contributed by atoms with Crippen molar-refractivity contribution < 1.29 is 4.79 Å². The van der Waals surface area contributed by atoms with E-state index in [1.165, 1.54) is 36.8 Å². The molecular formula is C22H33N3O. The summed E-state index contributed by atoms with van der Waals surface area (Å²) in [7, 11) is 0. The SMILES string of the molecule is Cc1ccccc1CN1CCC(NC(=O)CC2CC3CCC(C2)N3)CC1. The minimum Gasteiger partial charge on any atom is -0.353 e. The third-order valence-corrected chi connectivity index (χ3v) is 6.65. The number of nitrogens with one attached hydrogen (secondary N) is 2. The third kappa shape index (κ3) is 4.47. The summed E-state index contributed by atoms with van der Waals surface area (Å²) in [6.07, 6.45) is 7.89. The summed E-state index contributed by atoms with van der Waals surface area (Å²) in [5.74, 6) is 0.878. The fraction of sp³-hybridized carbons (Fsp3) is 0.682. The topological polar surface area (TPSA) is 44.4 Å². The van der Waals surface area contributed by atoms with Gasteiger partial charge in [-0.15, -0.1) is 0 Å². The number of amides is 1. The molecule has 2 atom stereocenters. The molecule has 4 nitrogen and oxygen atoms in total. The highest BCUT2D eigenvalue weighted by atomic mass is 16.1. The van der Waals surface area contributed by atoms with Crippen LogP contribution in [0.25, 0.3) is 0 Å². The molecule has 142 valence electrons. The number of rotatable bonds is 5. The smallest absolute Gasteiger partial charge is 0.220 e. The van der Waals surface area contributed by atoms with Gasteiger partial charge in [0.05, 0.1) is 0 Å². The van der Waals surface area contributed by atoms with Crippen molar-refractivity contribution in [3.05, 3.63) is 35.4 Å². The van der Waals surface area contributed by atoms with E-state index >= 15 is 0 Å². The normalized spacial score (nSPS) is 29.7. The molecule has 2 bridgehead atoms. The molecule has 0 aliphatic carbocycles. The van der Waals surface area contributed by atoms with Crippen molar-refractivity contribution in [1.29, 1.82) is 0 Å². The zero-order valence-electron chi connectivity index (χ0n) is 16.0. The number of hydrogen-bond donors (Lipinski definition) is 2. The van der Waals surface area contributed by atoms with E-state index in [2.05, 4.69) is 46.7 Å². The lowest BCUT2D eigenvalue weighted by molar-refractivity contribution is -0.123. The van der Waals surface area contributed by atoms with Gasteiger partial charge in [-0.1, -0.05) is 24.3 Å². The first-order valence-corrected chi connectivity index (χ1v) is 10.5. The van der Waals surface area contributed by atoms with Crippen LogP contribution in [0.3, 0.4) is 0 Å². The van der Waals surface area contributed by atoms with Crippen molar-refractivity contribution in [3.8, 4) is 0 Å². The number of aryl methyl sites for hydroxylation is 1. The first kappa shape index (κ1) is 18.0. The number of likely N-dealkylation sites (tertiary alicyclic amines) is 1. The second kappa shape index (κ2) is 8.10. The Balaban J connectivity index is 1.19. The van der Waals surface area contributed by atoms with Crippen LogP contribution in [0.2, 0.25) is 0 Å². The molecule has 0 radical (unpaired) electrons. The number of piperidine rings is 2. The number of hydrogen-bond acceptors (Lipinski definition) is 3. The summed E-state index contributed by atoms with van der Waals surface area (Å²) in [6, 6.07) is 10.4. The fourth-order valence-corrected chi connectivity index (χ4v) is 5.15. The lowest BCUT2D eigenvalue weighted by atomic mass is 9.89. The van der Waals surface area contributed by atoms with Gasteiger partial charge in [0.15, 0.2) is 0 Å². The summed E-state index contributed by atoms with van der Waals surface area (Å²) < 4.78 is 0. The van der Waals surface area contributed by atoms with Gasteiger partial charge in [0.25, 0.3) is 0 Å². The number of carbonyl (C=O) groups is 1. The van der Waals surface area contributed by atoms with E-state index in [0.29, 0.717) is 24.0 Å². The average Bonchev–Trinajstić information content (AvgIpc) is 2.97. The third-order valence-electron chi connectivity index (χ3n) is 6.65. The van der Waals surface area contributed by atoms with Gasteiger partial charge in [0, 0.05) is 44.2 Å². The summed E-state index contributed by atoms with van der Waals surface area (Å²) in [5, 5.41) is 6.99. The van der Waals surface area contributed by atoms with Crippen molar-refractivity contribution >= 4 is 5.91 Å². The fourth-order valence-electron chi connectivity index (χ4n) is 5.15. The largest absolute Gasteiger partial charge is 0.353 e. The molecule has 3 saturated heterocycles. The second-order valence-electron chi connectivity index (χ2n) is 8.72. The highest BCUT2D eigenvalue weighted by molar-refractivity contribution is 5.76. The molecule has 0 saturated carbocycles. The van der Waals surface area contributed by atoms with E-state index in [1.54, 1.807) is 0 Å². The summed E-state index contributed by atoms with van der Waals surface area (Å²) in [4.78, 5) is 15.0. The van der Waals surface area contributed by atoms with Crippen molar-refractivity contribution in [3.63, 3.8) is 0 Å². The number of carbonyl (C=O) groups excluding carboxylic acids is 1. The van der Waals surface area contributed by atoms with Gasteiger partial charge in [-0.05, 0) is 62.5 Å². The Kier molecular flexibility index (Phi) is 5.60. The van der Waals surface area contributed by atoms with Gasteiger partial charge in [-0.2, -0.15) is 0 Å². The van der Waals surface area contributed by atoms with Crippen LogP contribution >= 0.6 is 0 Å². The molecule has 0 aromatic heterocycles. The van der Waals surface area contributed by atoms with Crippen LogP contribution in [0.15, 0.2) is 24.3 Å². The van der Waals surface area contributed by atoms with E-state index in [4.69, 9.17) is 0 Å². The van der Waals surface area contributed by atoms with Gasteiger partial charge in [-0.25, -0.2) is 0 Å². The number of nitrogens with zero attached hydrogens (tertiary/aromatic N) is 1. The van der Waals surface area contributed by atoms with Gasteiger partial charge >= 0.3 is 0 Å². The lowest BCUT2D eigenvalue weighted by Gasteiger charge is -2.33. The predicted octanol–water partition coefficient (Wildman–Crippen LogP) is 3.00. The van der Waals surface area contributed by atoms with Crippen molar-refractivity contribution in [1.82, 2.24) is 15.5 Å². The van der Waals surface area contributed by atoms with Crippen molar-refractivity contribution in [2.75, 3.05) is 13.1 Å². The zero-order chi connectivity index (χ0) is 17.9. The lowest BCUT2D eigenvalue weighted by Crippen LogP contribution is -2.45. The van der Waals surface area contributed by atoms with Crippen molar-refractivity contribution in [2.45, 2.75) is 76.5 Å². The molecule has 26 heavy (non-hydrogen) atoms. The van der Waals surface area contributed by atoms with E-state index < -0.39 is 0 Å². The van der Waals surface area contributed by atoms with Crippen LogP contribution in [0.4, 0.5) is 0 Å². The van der Waals surface area contributed by atoms with Gasteiger partial charge in [-0.3, -0.25) is 9.69 Å². The van der Waals surface area contributed by atoms with Crippen LogP contribution in [0, 0.1) is 12.8 Å². The highest BCUT2D eigenvalue weighted by Crippen LogP contribution is 2.32. The minimum atomic E-state index is 0.286. The molecule has 4 heteroatoms. The second-order valence-corrected chi connectivity index (χ2v) is 8.72. The zero-order valence-corrected chi connectivity index (χ0v) is 16.0. The van der Waals surface area contributed by atoms with E-state index in [1.807, 2.05) is 0 Å². The quantitative estimate of drug-likeness (QED) is 0.853. The Morgan fingerprint density at radius 3 is 2.50 bits per heavy atom.